The zero-order valence-corrected chi connectivity index (χ0v) is 14.6. The van der Waals surface area contributed by atoms with Crippen molar-refractivity contribution in [2.45, 2.75) is 85.7 Å². The summed E-state index contributed by atoms with van der Waals surface area (Å²) < 4.78 is 0. The lowest BCUT2D eigenvalue weighted by Crippen LogP contribution is -2.12. The molecule has 21 heavy (non-hydrogen) atoms. The van der Waals surface area contributed by atoms with E-state index < -0.39 is 0 Å². The third-order valence-electron chi connectivity index (χ3n) is 5.92. The van der Waals surface area contributed by atoms with Crippen molar-refractivity contribution >= 4 is 0 Å². The minimum atomic E-state index is -0.286. The van der Waals surface area contributed by atoms with E-state index in [0.29, 0.717) is 5.92 Å². The zero-order valence-electron chi connectivity index (χ0n) is 14.6. The quantitative estimate of drug-likeness (QED) is 0.715. The van der Waals surface area contributed by atoms with Crippen LogP contribution in [0.4, 0.5) is 0 Å². The Morgan fingerprint density at radius 3 is 1.67 bits per heavy atom. The van der Waals surface area contributed by atoms with Crippen molar-refractivity contribution in [1.29, 1.82) is 0 Å². The maximum Gasteiger partial charge on any atom is 0.0798 e. The van der Waals surface area contributed by atoms with Gasteiger partial charge in [0.05, 0.1) is 6.10 Å². The Balaban J connectivity index is 2.24. The standard InChI is InChI=1S/C20H32O/c1-13-14(2)16(4)20(17(5)15(13)3)19(21)12-18-10-8-6-7-9-11-18/h18-19,21H,6-12H2,1-5H3. The summed E-state index contributed by atoms with van der Waals surface area (Å²) in [7, 11) is 0. The maximum absolute atomic E-state index is 10.9. The molecule has 0 spiro atoms. The fourth-order valence-electron chi connectivity index (χ4n) is 4.06. The summed E-state index contributed by atoms with van der Waals surface area (Å²) in [5.41, 5.74) is 7.91. The van der Waals surface area contributed by atoms with Crippen molar-refractivity contribution in [3.63, 3.8) is 0 Å². The van der Waals surface area contributed by atoms with Gasteiger partial charge in [-0.05, 0) is 80.3 Å². The molecular weight excluding hydrogens is 256 g/mol. The summed E-state index contributed by atoms with van der Waals surface area (Å²) in [5, 5.41) is 10.9. The predicted molar refractivity (Wildman–Crippen MR) is 90.9 cm³/mol. The van der Waals surface area contributed by atoms with Crippen LogP contribution in [0, 0.1) is 40.5 Å². The van der Waals surface area contributed by atoms with Crippen LogP contribution in [-0.4, -0.2) is 5.11 Å². The lowest BCUT2D eigenvalue weighted by atomic mass is 9.83. The Labute approximate surface area is 130 Å². The van der Waals surface area contributed by atoms with Crippen molar-refractivity contribution in [3.05, 3.63) is 33.4 Å². The third kappa shape index (κ3) is 3.51. The molecule has 0 bridgehead atoms. The van der Waals surface area contributed by atoms with Gasteiger partial charge >= 0.3 is 0 Å². The van der Waals surface area contributed by atoms with Crippen molar-refractivity contribution < 1.29 is 5.11 Å². The van der Waals surface area contributed by atoms with Crippen molar-refractivity contribution in [1.82, 2.24) is 0 Å². The van der Waals surface area contributed by atoms with E-state index in [4.69, 9.17) is 0 Å². The molecule has 2 rings (SSSR count). The topological polar surface area (TPSA) is 20.2 Å². The van der Waals surface area contributed by atoms with Gasteiger partial charge in [-0.25, -0.2) is 0 Å². The summed E-state index contributed by atoms with van der Waals surface area (Å²) in [5.74, 6) is 0.711. The Hall–Kier alpha value is -0.820. The Bertz CT molecular complexity index is 464. The minimum absolute atomic E-state index is 0.286. The molecule has 1 heteroatoms. The van der Waals surface area contributed by atoms with Crippen molar-refractivity contribution in [2.24, 2.45) is 5.92 Å². The smallest absolute Gasteiger partial charge is 0.0798 e. The molecule has 0 saturated heterocycles. The van der Waals surface area contributed by atoms with E-state index in [9.17, 15) is 5.11 Å². The summed E-state index contributed by atoms with van der Waals surface area (Å²) in [6.07, 6.45) is 8.73. The summed E-state index contributed by atoms with van der Waals surface area (Å²) in [6, 6.07) is 0. The Kier molecular flexibility index (Phi) is 5.48. The molecule has 1 N–H and O–H groups in total. The fraction of sp³-hybridized carbons (Fsp3) is 0.700. The first kappa shape index (κ1) is 16.5. The highest BCUT2D eigenvalue weighted by Gasteiger charge is 2.22. The summed E-state index contributed by atoms with van der Waals surface area (Å²) in [4.78, 5) is 0. The van der Waals surface area contributed by atoms with Gasteiger partial charge in [-0.15, -0.1) is 0 Å². The lowest BCUT2D eigenvalue weighted by Gasteiger charge is -2.25. The van der Waals surface area contributed by atoms with Crippen LogP contribution in [0.1, 0.15) is 84.4 Å². The van der Waals surface area contributed by atoms with Crippen LogP contribution in [0.5, 0.6) is 0 Å². The summed E-state index contributed by atoms with van der Waals surface area (Å²) >= 11 is 0. The fourth-order valence-corrected chi connectivity index (χ4v) is 4.06. The average molecular weight is 288 g/mol. The van der Waals surface area contributed by atoms with Crippen LogP contribution >= 0.6 is 0 Å². The first-order valence-electron chi connectivity index (χ1n) is 8.68. The van der Waals surface area contributed by atoms with Gasteiger partial charge in [0.15, 0.2) is 0 Å². The number of aliphatic hydroxyl groups is 1. The first-order valence-corrected chi connectivity index (χ1v) is 8.68. The molecule has 1 aliphatic rings. The first-order chi connectivity index (χ1) is 9.93. The Morgan fingerprint density at radius 2 is 1.19 bits per heavy atom. The summed E-state index contributed by atoms with van der Waals surface area (Å²) in [6.45, 7) is 10.9. The van der Waals surface area contributed by atoms with Crippen LogP contribution in [0.2, 0.25) is 0 Å². The number of rotatable bonds is 3. The number of hydrogen-bond acceptors (Lipinski definition) is 1. The molecule has 0 amide bonds. The van der Waals surface area contributed by atoms with Gasteiger partial charge in [-0.1, -0.05) is 38.5 Å². The van der Waals surface area contributed by atoms with Gasteiger partial charge in [0.2, 0.25) is 0 Å². The predicted octanol–water partition coefficient (Wildman–Crippen LogP) is 5.62. The zero-order chi connectivity index (χ0) is 15.6. The second kappa shape index (κ2) is 6.96. The van der Waals surface area contributed by atoms with E-state index in [1.54, 1.807) is 0 Å². The van der Waals surface area contributed by atoms with E-state index in [-0.39, 0.29) is 6.10 Å². The van der Waals surface area contributed by atoms with E-state index >= 15 is 0 Å². The highest BCUT2D eigenvalue weighted by Crippen LogP contribution is 2.36. The van der Waals surface area contributed by atoms with Crippen LogP contribution < -0.4 is 0 Å². The molecule has 0 aromatic heterocycles. The molecule has 1 aliphatic carbocycles. The number of benzene rings is 1. The molecule has 0 radical (unpaired) electrons. The monoisotopic (exact) mass is 288 g/mol. The molecular formula is C20H32O. The number of aliphatic hydroxyl groups excluding tert-OH is 1. The molecule has 1 aromatic rings. The second-order valence-corrected chi connectivity index (χ2v) is 7.15. The normalized spacial score (nSPS) is 18.6. The average Bonchev–Trinajstić information content (AvgIpc) is 2.72. The van der Waals surface area contributed by atoms with Crippen molar-refractivity contribution in [2.75, 3.05) is 0 Å². The molecule has 1 aromatic carbocycles. The molecule has 1 unspecified atom stereocenters. The molecule has 0 heterocycles. The molecule has 1 nitrogen and oxygen atoms in total. The maximum atomic E-state index is 10.9. The van der Waals surface area contributed by atoms with Gasteiger partial charge in [0, 0.05) is 0 Å². The van der Waals surface area contributed by atoms with Crippen LogP contribution in [0.25, 0.3) is 0 Å². The minimum Gasteiger partial charge on any atom is -0.388 e. The highest BCUT2D eigenvalue weighted by atomic mass is 16.3. The number of hydrogen-bond donors (Lipinski definition) is 1. The van der Waals surface area contributed by atoms with Crippen LogP contribution in [0.3, 0.4) is 0 Å². The van der Waals surface area contributed by atoms with Gasteiger partial charge in [0.1, 0.15) is 0 Å². The van der Waals surface area contributed by atoms with Gasteiger partial charge < -0.3 is 5.11 Å². The second-order valence-electron chi connectivity index (χ2n) is 7.15. The van der Waals surface area contributed by atoms with Crippen molar-refractivity contribution in [3.8, 4) is 0 Å². The van der Waals surface area contributed by atoms with Crippen LogP contribution in [-0.2, 0) is 0 Å². The highest BCUT2D eigenvalue weighted by molar-refractivity contribution is 5.50. The van der Waals surface area contributed by atoms with Gasteiger partial charge in [-0.3, -0.25) is 0 Å². The Morgan fingerprint density at radius 1 is 0.762 bits per heavy atom. The molecule has 118 valence electrons. The van der Waals surface area contributed by atoms with E-state index in [2.05, 4.69) is 34.6 Å². The van der Waals surface area contributed by atoms with Crippen LogP contribution in [0.15, 0.2) is 0 Å². The molecule has 1 fully saturated rings. The largest absolute Gasteiger partial charge is 0.388 e. The van der Waals surface area contributed by atoms with Gasteiger partial charge in [-0.2, -0.15) is 0 Å². The lowest BCUT2D eigenvalue weighted by molar-refractivity contribution is 0.137. The SMILES string of the molecule is Cc1c(C)c(C)c(C(O)CC2CCCCCC2)c(C)c1C. The van der Waals surface area contributed by atoms with E-state index in [1.807, 2.05) is 0 Å². The van der Waals surface area contributed by atoms with E-state index in [1.165, 1.54) is 71.9 Å². The molecule has 0 aliphatic heterocycles. The molecule has 1 atom stereocenters. The van der Waals surface area contributed by atoms with Gasteiger partial charge in [0.25, 0.3) is 0 Å². The third-order valence-corrected chi connectivity index (χ3v) is 5.92. The molecule has 1 saturated carbocycles. The van der Waals surface area contributed by atoms with E-state index in [0.717, 1.165) is 6.42 Å².